The van der Waals surface area contributed by atoms with Crippen molar-refractivity contribution in [2.75, 3.05) is 19.8 Å². The summed E-state index contributed by atoms with van der Waals surface area (Å²) in [4.78, 5) is 32.8. The molecule has 0 aliphatic heterocycles. The summed E-state index contributed by atoms with van der Waals surface area (Å²) in [5.74, 6) is -1.14. The molecule has 1 N–H and O–H groups in total. The molecule has 0 saturated carbocycles. The highest BCUT2D eigenvalue weighted by molar-refractivity contribution is 7.99. The molecule has 0 aliphatic carbocycles. The quantitative estimate of drug-likeness (QED) is 0.829. The first-order valence-corrected chi connectivity index (χ1v) is 7.24. The second kappa shape index (κ2) is 6.13. The summed E-state index contributed by atoms with van der Waals surface area (Å²) in [6, 6.07) is 1.86. The highest BCUT2D eigenvalue weighted by Gasteiger charge is 2.17. The molecule has 0 aliphatic rings. The van der Waals surface area contributed by atoms with Crippen LogP contribution in [-0.2, 0) is 16.1 Å². The number of nitrogens with zero attached hydrogens (tertiary/aromatic N) is 4. The zero-order valence-corrected chi connectivity index (χ0v) is 12.8. The molecule has 0 saturated heterocycles. The third-order valence-electron chi connectivity index (χ3n) is 2.80. The van der Waals surface area contributed by atoms with Gasteiger partial charge in [-0.2, -0.15) is 0 Å². The van der Waals surface area contributed by atoms with E-state index in [0.29, 0.717) is 16.3 Å². The zero-order chi connectivity index (χ0) is 15.6. The Morgan fingerprint density at radius 1 is 1.43 bits per heavy atom. The maximum absolute atomic E-state index is 11.9. The van der Waals surface area contributed by atoms with Crippen LogP contribution in [0.25, 0.3) is 11.2 Å². The van der Waals surface area contributed by atoms with Gasteiger partial charge in [0.05, 0.1) is 5.75 Å². The Morgan fingerprint density at radius 2 is 2.14 bits per heavy atom. The Kier molecular flexibility index (Phi) is 4.46. The van der Waals surface area contributed by atoms with E-state index in [9.17, 15) is 9.59 Å². The van der Waals surface area contributed by atoms with Crippen molar-refractivity contribution < 1.29 is 14.7 Å². The number of carboxylic acid groups (broad SMARTS) is 1. The summed E-state index contributed by atoms with van der Waals surface area (Å²) >= 11 is 1.08. The maximum atomic E-state index is 11.9. The van der Waals surface area contributed by atoms with Crippen molar-refractivity contribution in [3.63, 3.8) is 0 Å². The molecule has 0 radical (unpaired) electrons. The van der Waals surface area contributed by atoms with Gasteiger partial charge < -0.3 is 10.0 Å². The zero-order valence-electron chi connectivity index (χ0n) is 12.0. The average Bonchev–Trinajstić information content (AvgIpc) is 2.73. The van der Waals surface area contributed by atoms with Gasteiger partial charge in [0.2, 0.25) is 5.91 Å². The molecule has 2 aromatic heterocycles. The highest BCUT2D eigenvalue weighted by atomic mass is 32.2. The molecule has 7 nitrogen and oxygen atoms in total. The van der Waals surface area contributed by atoms with Crippen molar-refractivity contribution in [1.29, 1.82) is 0 Å². The first-order valence-electron chi connectivity index (χ1n) is 6.26. The molecular formula is C13H16N4O3S. The van der Waals surface area contributed by atoms with E-state index in [4.69, 9.17) is 5.11 Å². The summed E-state index contributed by atoms with van der Waals surface area (Å²) in [6.45, 7) is 1.99. The second-order valence-corrected chi connectivity index (χ2v) is 5.75. The first kappa shape index (κ1) is 15.3. The van der Waals surface area contributed by atoms with E-state index in [2.05, 4.69) is 9.97 Å². The number of carbonyl (C=O) groups is 2. The van der Waals surface area contributed by atoms with Crippen LogP contribution in [0.4, 0.5) is 0 Å². The Bertz CT molecular complexity index is 696. The standard InChI is InChI=1S/C13H16N4O3S/c1-8-4-9-12(14-5-8)17(6-10(18)16(2)3)13(15-9)21-7-11(19)20/h4-5H,6-7H2,1-3H3,(H,19,20). The van der Waals surface area contributed by atoms with Gasteiger partial charge in [0.25, 0.3) is 0 Å². The number of hydrogen-bond donors (Lipinski definition) is 1. The van der Waals surface area contributed by atoms with Gasteiger partial charge >= 0.3 is 5.97 Å². The summed E-state index contributed by atoms with van der Waals surface area (Å²) in [7, 11) is 3.34. The molecule has 112 valence electrons. The molecule has 0 aromatic carbocycles. The lowest BCUT2D eigenvalue weighted by molar-refractivity contribution is -0.134. The van der Waals surface area contributed by atoms with Crippen LogP contribution >= 0.6 is 11.8 Å². The number of aliphatic carboxylic acids is 1. The van der Waals surface area contributed by atoms with E-state index in [1.54, 1.807) is 24.9 Å². The number of thioether (sulfide) groups is 1. The molecule has 8 heteroatoms. The number of imidazole rings is 1. The summed E-state index contributed by atoms with van der Waals surface area (Å²) in [5.41, 5.74) is 2.21. The van der Waals surface area contributed by atoms with Crippen molar-refractivity contribution in [2.45, 2.75) is 18.6 Å². The maximum Gasteiger partial charge on any atom is 0.313 e. The van der Waals surface area contributed by atoms with Gasteiger partial charge in [0, 0.05) is 20.3 Å². The van der Waals surface area contributed by atoms with Gasteiger partial charge in [0.15, 0.2) is 10.8 Å². The molecule has 2 aromatic rings. The fraction of sp³-hybridized carbons (Fsp3) is 0.385. The van der Waals surface area contributed by atoms with E-state index in [-0.39, 0.29) is 18.2 Å². The second-order valence-electron chi connectivity index (χ2n) is 4.81. The number of rotatable bonds is 5. The van der Waals surface area contributed by atoms with Crippen LogP contribution in [0.2, 0.25) is 0 Å². The molecule has 1 amide bonds. The highest BCUT2D eigenvalue weighted by Crippen LogP contribution is 2.23. The van der Waals surface area contributed by atoms with Gasteiger partial charge in [-0.3, -0.25) is 14.2 Å². The molecule has 21 heavy (non-hydrogen) atoms. The summed E-state index contributed by atoms with van der Waals surface area (Å²) in [5, 5.41) is 9.29. The molecule has 2 heterocycles. The van der Waals surface area contributed by atoms with E-state index < -0.39 is 5.97 Å². The average molecular weight is 308 g/mol. The number of fused-ring (bicyclic) bond motifs is 1. The van der Waals surface area contributed by atoms with Crippen LogP contribution in [0.5, 0.6) is 0 Å². The van der Waals surface area contributed by atoms with E-state index in [1.165, 1.54) is 4.90 Å². The van der Waals surface area contributed by atoms with Crippen LogP contribution in [-0.4, -0.2) is 56.3 Å². The van der Waals surface area contributed by atoms with Crippen LogP contribution in [0.1, 0.15) is 5.56 Å². The number of carboxylic acids is 1. The van der Waals surface area contributed by atoms with Crippen LogP contribution in [0.3, 0.4) is 0 Å². The fourth-order valence-corrected chi connectivity index (χ4v) is 2.47. The summed E-state index contributed by atoms with van der Waals surface area (Å²) in [6.07, 6.45) is 1.70. The Labute approximate surface area is 126 Å². The van der Waals surface area contributed by atoms with Gasteiger partial charge in [-0.25, -0.2) is 9.97 Å². The van der Waals surface area contributed by atoms with Gasteiger partial charge in [0.1, 0.15) is 12.1 Å². The number of carbonyl (C=O) groups excluding carboxylic acids is 1. The lowest BCUT2D eigenvalue weighted by atomic mass is 10.3. The predicted octanol–water partition coefficient (Wildman–Crippen LogP) is 1.00. The van der Waals surface area contributed by atoms with Crippen LogP contribution in [0.15, 0.2) is 17.4 Å². The number of pyridine rings is 1. The lowest BCUT2D eigenvalue weighted by Gasteiger charge is -2.12. The van der Waals surface area contributed by atoms with E-state index >= 15 is 0 Å². The predicted molar refractivity (Wildman–Crippen MR) is 79.3 cm³/mol. The van der Waals surface area contributed by atoms with E-state index in [0.717, 1.165) is 17.3 Å². The smallest absolute Gasteiger partial charge is 0.313 e. The largest absolute Gasteiger partial charge is 0.481 e. The molecule has 0 bridgehead atoms. The Hall–Kier alpha value is -2.09. The molecule has 2 rings (SSSR count). The third-order valence-corrected chi connectivity index (χ3v) is 3.76. The minimum atomic E-state index is -0.929. The monoisotopic (exact) mass is 308 g/mol. The third kappa shape index (κ3) is 3.52. The molecule has 0 fully saturated rings. The van der Waals surface area contributed by atoms with Crippen LogP contribution < -0.4 is 0 Å². The van der Waals surface area contributed by atoms with Gasteiger partial charge in [-0.15, -0.1) is 0 Å². The van der Waals surface area contributed by atoms with Gasteiger partial charge in [-0.1, -0.05) is 11.8 Å². The van der Waals surface area contributed by atoms with Crippen LogP contribution in [0, 0.1) is 6.92 Å². The lowest BCUT2D eigenvalue weighted by Crippen LogP contribution is -2.26. The first-order chi connectivity index (χ1) is 9.88. The van der Waals surface area contributed by atoms with Crippen molar-refractivity contribution >= 4 is 34.8 Å². The number of aromatic nitrogens is 3. The molecule has 0 spiro atoms. The van der Waals surface area contributed by atoms with E-state index in [1.807, 2.05) is 13.0 Å². The molecule has 0 atom stereocenters. The number of likely N-dealkylation sites (N-methyl/N-ethyl adjacent to an activating group) is 1. The number of aryl methyl sites for hydroxylation is 1. The summed E-state index contributed by atoms with van der Waals surface area (Å²) < 4.78 is 1.66. The molecule has 0 unspecified atom stereocenters. The number of hydrogen-bond acceptors (Lipinski definition) is 5. The normalized spacial score (nSPS) is 10.8. The van der Waals surface area contributed by atoms with Crippen molar-refractivity contribution in [3.05, 3.63) is 17.8 Å². The minimum absolute atomic E-state index is 0.0848. The minimum Gasteiger partial charge on any atom is -0.481 e. The Morgan fingerprint density at radius 3 is 2.76 bits per heavy atom. The van der Waals surface area contributed by atoms with Crippen molar-refractivity contribution in [1.82, 2.24) is 19.4 Å². The molecular weight excluding hydrogens is 292 g/mol. The fourth-order valence-electron chi connectivity index (χ4n) is 1.75. The number of amides is 1. The van der Waals surface area contributed by atoms with Gasteiger partial charge in [-0.05, 0) is 18.6 Å². The Balaban J connectivity index is 2.44. The SMILES string of the molecule is Cc1cnc2c(c1)nc(SCC(=O)O)n2CC(=O)N(C)C. The van der Waals surface area contributed by atoms with Crippen molar-refractivity contribution in [2.24, 2.45) is 0 Å². The van der Waals surface area contributed by atoms with Crippen molar-refractivity contribution in [3.8, 4) is 0 Å². The topological polar surface area (TPSA) is 88.3 Å².